The molecule has 1 aliphatic carbocycles. The quantitative estimate of drug-likeness (QED) is 0.526. The summed E-state index contributed by atoms with van der Waals surface area (Å²) in [5.74, 6) is 0.919. The molecule has 0 saturated heterocycles. The highest BCUT2D eigenvalue weighted by Gasteiger charge is 2.28. The van der Waals surface area contributed by atoms with E-state index in [0.717, 1.165) is 5.92 Å². The second-order valence-electron chi connectivity index (χ2n) is 3.64. The smallest absolute Gasteiger partial charge is 0.0471 e. The van der Waals surface area contributed by atoms with Crippen molar-refractivity contribution in [3.63, 3.8) is 0 Å². The number of aliphatic imine (C=N–C) groups is 1. The van der Waals surface area contributed by atoms with Crippen molar-refractivity contribution in [1.29, 1.82) is 0 Å². The number of nitrogens with zero attached hydrogens (tertiary/aromatic N) is 1. The average molecular weight is 137 g/mol. The van der Waals surface area contributed by atoms with E-state index >= 15 is 0 Å². The van der Waals surface area contributed by atoms with Crippen LogP contribution in [0, 0.1) is 5.92 Å². The van der Waals surface area contributed by atoms with Gasteiger partial charge >= 0.3 is 0 Å². The zero-order valence-corrected chi connectivity index (χ0v) is 6.64. The van der Waals surface area contributed by atoms with Gasteiger partial charge < -0.3 is 0 Å². The van der Waals surface area contributed by atoms with Gasteiger partial charge in [0.25, 0.3) is 0 Å². The lowest BCUT2D eigenvalue weighted by atomic mass is 10.0. The SMILES string of the molecule is CC1CCCC(C2CC2)=N1. The van der Waals surface area contributed by atoms with Crippen molar-refractivity contribution in [1.82, 2.24) is 0 Å². The Morgan fingerprint density at radius 3 is 2.70 bits per heavy atom. The highest BCUT2D eigenvalue weighted by Crippen LogP contribution is 2.34. The normalized spacial score (nSPS) is 33.7. The van der Waals surface area contributed by atoms with Crippen LogP contribution in [0.3, 0.4) is 0 Å². The van der Waals surface area contributed by atoms with Crippen LogP contribution in [0.4, 0.5) is 0 Å². The molecule has 0 aromatic rings. The molecule has 0 spiro atoms. The lowest BCUT2D eigenvalue weighted by Crippen LogP contribution is -2.13. The molecule has 2 aliphatic rings. The predicted molar refractivity (Wildman–Crippen MR) is 43.5 cm³/mol. The monoisotopic (exact) mass is 137 g/mol. The Kier molecular flexibility index (Phi) is 1.51. The first-order valence-electron chi connectivity index (χ1n) is 4.43. The Hall–Kier alpha value is -0.330. The van der Waals surface area contributed by atoms with E-state index in [1.54, 1.807) is 5.71 Å². The molecule has 0 aromatic heterocycles. The Morgan fingerprint density at radius 1 is 1.30 bits per heavy atom. The van der Waals surface area contributed by atoms with Crippen molar-refractivity contribution in [2.45, 2.75) is 45.1 Å². The van der Waals surface area contributed by atoms with Crippen molar-refractivity contribution < 1.29 is 0 Å². The highest BCUT2D eigenvalue weighted by molar-refractivity contribution is 5.89. The van der Waals surface area contributed by atoms with Gasteiger partial charge in [-0.15, -0.1) is 0 Å². The molecule has 1 heteroatoms. The highest BCUT2D eigenvalue weighted by atomic mass is 14.8. The fourth-order valence-corrected chi connectivity index (χ4v) is 1.72. The molecule has 10 heavy (non-hydrogen) atoms. The molecule has 0 aromatic carbocycles. The summed E-state index contributed by atoms with van der Waals surface area (Å²) in [6, 6.07) is 0.629. The lowest BCUT2D eigenvalue weighted by Gasteiger charge is -2.16. The average Bonchev–Trinajstić information content (AvgIpc) is 2.68. The van der Waals surface area contributed by atoms with Crippen LogP contribution in [0.2, 0.25) is 0 Å². The Bertz CT molecular complexity index is 156. The number of rotatable bonds is 1. The topological polar surface area (TPSA) is 12.4 Å². The van der Waals surface area contributed by atoms with Crippen molar-refractivity contribution in [3.8, 4) is 0 Å². The molecule has 0 radical (unpaired) electrons. The van der Waals surface area contributed by atoms with Crippen LogP contribution in [-0.4, -0.2) is 11.8 Å². The van der Waals surface area contributed by atoms with Gasteiger partial charge in [0.05, 0.1) is 0 Å². The van der Waals surface area contributed by atoms with Crippen LogP contribution in [0.1, 0.15) is 39.0 Å². The van der Waals surface area contributed by atoms with Crippen molar-refractivity contribution in [2.24, 2.45) is 10.9 Å². The van der Waals surface area contributed by atoms with E-state index in [1.807, 2.05) is 0 Å². The standard InChI is InChI=1S/C9H15N/c1-7-3-2-4-9(10-7)8-5-6-8/h7-8H,2-6H2,1H3. The molecule has 1 unspecified atom stereocenters. The molecule has 1 atom stereocenters. The molecule has 1 saturated carbocycles. The minimum atomic E-state index is 0.629. The van der Waals surface area contributed by atoms with E-state index in [-0.39, 0.29) is 0 Å². The zero-order valence-electron chi connectivity index (χ0n) is 6.64. The molecule has 0 N–H and O–H groups in total. The van der Waals surface area contributed by atoms with E-state index < -0.39 is 0 Å². The fraction of sp³-hybridized carbons (Fsp3) is 0.889. The molecule has 56 valence electrons. The van der Waals surface area contributed by atoms with Gasteiger partial charge in [-0.25, -0.2) is 0 Å². The third-order valence-corrected chi connectivity index (χ3v) is 2.49. The van der Waals surface area contributed by atoms with Gasteiger partial charge in [0.15, 0.2) is 0 Å². The van der Waals surface area contributed by atoms with Crippen molar-refractivity contribution in [3.05, 3.63) is 0 Å². The molecular formula is C9H15N. The second kappa shape index (κ2) is 2.37. The molecule has 1 heterocycles. The summed E-state index contributed by atoms with van der Waals surface area (Å²) in [6.07, 6.45) is 6.85. The van der Waals surface area contributed by atoms with Crippen molar-refractivity contribution >= 4 is 5.71 Å². The number of hydrogen-bond acceptors (Lipinski definition) is 1. The zero-order chi connectivity index (χ0) is 6.97. The maximum atomic E-state index is 4.66. The first-order chi connectivity index (χ1) is 4.86. The first-order valence-corrected chi connectivity index (χ1v) is 4.43. The van der Waals surface area contributed by atoms with E-state index in [1.165, 1.54) is 32.1 Å². The summed E-state index contributed by atoms with van der Waals surface area (Å²) in [7, 11) is 0. The Labute approximate surface area is 62.5 Å². The molecule has 0 bridgehead atoms. The van der Waals surface area contributed by atoms with E-state index in [9.17, 15) is 0 Å². The van der Waals surface area contributed by atoms with E-state index in [4.69, 9.17) is 0 Å². The molecular weight excluding hydrogens is 122 g/mol. The maximum Gasteiger partial charge on any atom is 0.0471 e. The summed E-state index contributed by atoms with van der Waals surface area (Å²) in [6.45, 7) is 2.24. The summed E-state index contributed by atoms with van der Waals surface area (Å²) >= 11 is 0. The maximum absolute atomic E-state index is 4.66. The van der Waals surface area contributed by atoms with Gasteiger partial charge in [-0.1, -0.05) is 0 Å². The van der Waals surface area contributed by atoms with Gasteiger partial charge in [0.2, 0.25) is 0 Å². The second-order valence-corrected chi connectivity index (χ2v) is 3.64. The minimum absolute atomic E-state index is 0.629. The molecule has 1 aliphatic heterocycles. The summed E-state index contributed by atoms with van der Waals surface area (Å²) in [4.78, 5) is 4.66. The van der Waals surface area contributed by atoms with Gasteiger partial charge in [-0.3, -0.25) is 4.99 Å². The van der Waals surface area contributed by atoms with Crippen LogP contribution in [0.25, 0.3) is 0 Å². The predicted octanol–water partition coefficient (Wildman–Crippen LogP) is 2.41. The summed E-state index contributed by atoms with van der Waals surface area (Å²) < 4.78 is 0. The van der Waals surface area contributed by atoms with Crippen LogP contribution >= 0.6 is 0 Å². The van der Waals surface area contributed by atoms with Crippen LogP contribution in [0.5, 0.6) is 0 Å². The minimum Gasteiger partial charge on any atom is -0.291 e. The molecule has 0 amide bonds. The molecule has 2 rings (SSSR count). The lowest BCUT2D eigenvalue weighted by molar-refractivity contribution is 0.601. The van der Waals surface area contributed by atoms with Gasteiger partial charge in [-0.2, -0.15) is 0 Å². The number of hydrogen-bond donors (Lipinski definition) is 0. The van der Waals surface area contributed by atoms with Gasteiger partial charge in [0, 0.05) is 11.8 Å². The molecule has 1 fully saturated rings. The summed E-state index contributed by atoms with van der Waals surface area (Å²) in [5.41, 5.74) is 1.54. The Balaban J connectivity index is 2.03. The van der Waals surface area contributed by atoms with E-state index in [0.29, 0.717) is 6.04 Å². The van der Waals surface area contributed by atoms with Gasteiger partial charge in [-0.05, 0) is 44.9 Å². The fourth-order valence-electron chi connectivity index (χ4n) is 1.72. The largest absolute Gasteiger partial charge is 0.291 e. The third kappa shape index (κ3) is 1.23. The van der Waals surface area contributed by atoms with Crippen molar-refractivity contribution in [2.75, 3.05) is 0 Å². The van der Waals surface area contributed by atoms with Crippen LogP contribution < -0.4 is 0 Å². The van der Waals surface area contributed by atoms with Gasteiger partial charge in [0.1, 0.15) is 0 Å². The first kappa shape index (κ1) is 6.38. The van der Waals surface area contributed by atoms with Crippen LogP contribution in [0.15, 0.2) is 4.99 Å². The molecule has 1 nitrogen and oxygen atoms in total. The van der Waals surface area contributed by atoms with Crippen LogP contribution in [-0.2, 0) is 0 Å². The van der Waals surface area contributed by atoms with E-state index in [2.05, 4.69) is 11.9 Å². The third-order valence-electron chi connectivity index (χ3n) is 2.49. The Morgan fingerprint density at radius 2 is 2.10 bits per heavy atom. The summed E-state index contributed by atoms with van der Waals surface area (Å²) in [5, 5.41) is 0.